The highest BCUT2D eigenvalue weighted by Crippen LogP contribution is 2.75. The summed E-state index contributed by atoms with van der Waals surface area (Å²) in [5, 5.41) is 10.9. The van der Waals surface area contributed by atoms with E-state index >= 15 is 0 Å². The summed E-state index contributed by atoms with van der Waals surface area (Å²) in [6.45, 7) is 20.4. The minimum Gasteiger partial charge on any atom is -0.393 e. The van der Waals surface area contributed by atoms with Crippen molar-refractivity contribution in [2.75, 3.05) is 0 Å². The second-order valence-electron chi connectivity index (χ2n) is 15.2. The van der Waals surface area contributed by atoms with Crippen LogP contribution in [0.4, 0.5) is 0 Å². The Morgan fingerprint density at radius 1 is 0.677 bits per heavy atom. The number of aliphatic hydroxyl groups is 1. The van der Waals surface area contributed by atoms with Crippen LogP contribution in [0.1, 0.15) is 126 Å². The van der Waals surface area contributed by atoms with E-state index in [0.717, 1.165) is 12.3 Å². The van der Waals surface area contributed by atoms with Crippen LogP contribution in [0.15, 0.2) is 11.1 Å². The Bertz CT molecular complexity index is 803. The first kappa shape index (κ1) is 22.5. The maximum Gasteiger partial charge on any atom is 0.0594 e. The zero-order valence-corrected chi connectivity index (χ0v) is 22.0. The minimum atomic E-state index is -0.119. The standard InChI is InChI=1S/C30H50O/c1-25(2)15-16-27(5)17-18-29(7)20(21(27)19-25)9-10-23-28(6)13-12-24(31)26(3,4)22(28)11-14-30(23,29)8/h22-24,31H,9-19H2,1-8H3/t22?,23?,24-,27+,28-,29?,30+/m0/s1. The quantitative estimate of drug-likeness (QED) is 0.386. The van der Waals surface area contributed by atoms with Crippen molar-refractivity contribution in [2.45, 2.75) is 132 Å². The summed E-state index contributed by atoms with van der Waals surface area (Å²) < 4.78 is 0. The summed E-state index contributed by atoms with van der Waals surface area (Å²) in [7, 11) is 0. The molecule has 0 heterocycles. The van der Waals surface area contributed by atoms with Crippen LogP contribution in [-0.4, -0.2) is 11.2 Å². The molecule has 0 aromatic heterocycles. The molecule has 0 spiro atoms. The fraction of sp³-hybridized carbons (Fsp3) is 0.933. The van der Waals surface area contributed by atoms with Crippen molar-refractivity contribution in [1.82, 2.24) is 0 Å². The second kappa shape index (κ2) is 6.43. The van der Waals surface area contributed by atoms with Gasteiger partial charge in [0, 0.05) is 0 Å². The first-order valence-electron chi connectivity index (χ1n) is 13.6. The number of fused-ring (bicyclic) bond motifs is 6. The summed E-state index contributed by atoms with van der Waals surface area (Å²) in [4.78, 5) is 0. The lowest BCUT2D eigenvalue weighted by Crippen LogP contribution is -2.64. The summed E-state index contributed by atoms with van der Waals surface area (Å²) in [5.41, 5.74) is 6.03. The van der Waals surface area contributed by atoms with Crippen LogP contribution in [0.3, 0.4) is 0 Å². The maximum atomic E-state index is 10.9. The molecular weight excluding hydrogens is 376 g/mol. The SMILES string of the molecule is CC1(C)CC[C@]2(C)CCC3(C)C(=C2C1)CCC1[C@@]2(C)CC[C@H](O)C(C)(C)C2CC[C@]13C. The largest absolute Gasteiger partial charge is 0.393 e. The molecule has 1 nitrogen and oxygen atoms in total. The Balaban J connectivity index is 1.59. The predicted octanol–water partition coefficient (Wildman–Crippen LogP) is 8.31. The molecule has 3 unspecified atom stereocenters. The Hall–Kier alpha value is -0.300. The molecule has 0 amide bonds. The molecule has 0 saturated heterocycles. The molecule has 7 atom stereocenters. The highest BCUT2D eigenvalue weighted by atomic mass is 16.3. The summed E-state index contributed by atoms with van der Waals surface area (Å²) in [6.07, 6.45) is 14.5. The molecule has 0 radical (unpaired) electrons. The topological polar surface area (TPSA) is 20.2 Å². The van der Waals surface area contributed by atoms with Crippen molar-refractivity contribution in [2.24, 2.45) is 44.3 Å². The van der Waals surface area contributed by atoms with Crippen LogP contribution in [-0.2, 0) is 0 Å². The van der Waals surface area contributed by atoms with Crippen LogP contribution >= 0.6 is 0 Å². The molecule has 1 heteroatoms. The van der Waals surface area contributed by atoms with Gasteiger partial charge in [-0.2, -0.15) is 0 Å². The van der Waals surface area contributed by atoms with Crippen LogP contribution in [0.5, 0.6) is 0 Å². The summed E-state index contributed by atoms with van der Waals surface area (Å²) in [5.74, 6) is 1.47. The molecule has 31 heavy (non-hydrogen) atoms. The lowest BCUT2D eigenvalue weighted by atomic mass is 9.34. The molecule has 4 saturated carbocycles. The van der Waals surface area contributed by atoms with Gasteiger partial charge in [0.05, 0.1) is 6.10 Å². The fourth-order valence-corrected chi connectivity index (χ4v) is 10.5. The van der Waals surface area contributed by atoms with Gasteiger partial charge in [-0.15, -0.1) is 0 Å². The molecule has 176 valence electrons. The molecule has 0 bridgehead atoms. The molecule has 0 aliphatic heterocycles. The van der Waals surface area contributed by atoms with Gasteiger partial charge in [-0.25, -0.2) is 0 Å². The third-order valence-electron chi connectivity index (χ3n) is 12.9. The Morgan fingerprint density at radius 3 is 2.06 bits per heavy atom. The first-order chi connectivity index (χ1) is 14.2. The van der Waals surface area contributed by atoms with E-state index in [9.17, 15) is 5.11 Å². The molecule has 5 aliphatic carbocycles. The van der Waals surface area contributed by atoms with Crippen LogP contribution in [0.25, 0.3) is 0 Å². The van der Waals surface area contributed by atoms with E-state index in [-0.39, 0.29) is 11.5 Å². The van der Waals surface area contributed by atoms with Crippen molar-refractivity contribution < 1.29 is 5.11 Å². The molecule has 0 aromatic rings. The highest BCUT2D eigenvalue weighted by molar-refractivity contribution is 5.38. The summed E-state index contributed by atoms with van der Waals surface area (Å²) >= 11 is 0. The Labute approximate surface area is 192 Å². The maximum absolute atomic E-state index is 10.9. The third kappa shape index (κ3) is 2.77. The Morgan fingerprint density at radius 2 is 1.35 bits per heavy atom. The van der Waals surface area contributed by atoms with Crippen LogP contribution < -0.4 is 0 Å². The van der Waals surface area contributed by atoms with E-state index in [4.69, 9.17) is 0 Å². The number of allylic oxidation sites excluding steroid dienone is 2. The summed E-state index contributed by atoms with van der Waals surface area (Å²) in [6, 6.07) is 0. The fourth-order valence-electron chi connectivity index (χ4n) is 10.5. The number of rotatable bonds is 0. The number of aliphatic hydroxyl groups excluding tert-OH is 1. The normalized spacial score (nSPS) is 53.1. The average molecular weight is 427 g/mol. The zero-order chi connectivity index (χ0) is 22.7. The highest BCUT2D eigenvalue weighted by Gasteiger charge is 2.67. The van der Waals surface area contributed by atoms with Gasteiger partial charge in [0.2, 0.25) is 0 Å². The third-order valence-corrected chi connectivity index (χ3v) is 12.9. The van der Waals surface area contributed by atoms with Crippen molar-refractivity contribution >= 4 is 0 Å². The molecule has 5 rings (SSSR count). The van der Waals surface area contributed by atoms with Crippen molar-refractivity contribution in [3.05, 3.63) is 11.1 Å². The predicted molar refractivity (Wildman–Crippen MR) is 131 cm³/mol. The lowest BCUT2D eigenvalue weighted by molar-refractivity contribution is -0.204. The Kier molecular flexibility index (Phi) is 4.66. The van der Waals surface area contributed by atoms with Gasteiger partial charge >= 0.3 is 0 Å². The van der Waals surface area contributed by atoms with Gasteiger partial charge in [-0.05, 0) is 115 Å². The molecule has 0 aromatic carbocycles. The van der Waals surface area contributed by atoms with E-state index in [1.54, 1.807) is 0 Å². The first-order valence-corrected chi connectivity index (χ1v) is 13.6. The molecule has 1 N–H and O–H groups in total. The van der Waals surface area contributed by atoms with Gasteiger partial charge < -0.3 is 5.11 Å². The molecule has 5 aliphatic rings. The van der Waals surface area contributed by atoms with Gasteiger partial charge in [0.15, 0.2) is 0 Å². The van der Waals surface area contributed by atoms with E-state index in [2.05, 4.69) is 55.4 Å². The van der Waals surface area contributed by atoms with Crippen molar-refractivity contribution in [3.8, 4) is 0 Å². The van der Waals surface area contributed by atoms with E-state index in [1.165, 1.54) is 64.2 Å². The van der Waals surface area contributed by atoms with E-state index in [1.807, 2.05) is 11.1 Å². The monoisotopic (exact) mass is 426 g/mol. The number of hydrogen-bond donors (Lipinski definition) is 1. The van der Waals surface area contributed by atoms with E-state index in [0.29, 0.717) is 33.0 Å². The average Bonchev–Trinajstić information content (AvgIpc) is 2.67. The van der Waals surface area contributed by atoms with Crippen molar-refractivity contribution in [1.29, 1.82) is 0 Å². The van der Waals surface area contributed by atoms with Crippen molar-refractivity contribution in [3.63, 3.8) is 0 Å². The smallest absolute Gasteiger partial charge is 0.0594 e. The minimum absolute atomic E-state index is 0.0620. The van der Waals surface area contributed by atoms with Gasteiger partial charge in [-0.3, -0.25) is 0 Å². The van der Waals surface area contributed by atoms with Gasteiger partial charge in [0.1, 0.15) is 0 Å². The van der Waals surface area contributed by atoms with Gasteiger partial charge in [-0.1, -0.05) is 66.5 Å². The zero-order valence-electron chi connectivity index (χ0n) is 22.0. The van der Waals surface area contributed by atoms with Crippen LogP contribution in [0, 0.1) is 44.3 Å². The second-order valence-corrected chi connectivity index (χ2v) is 15.2. The van der Waals surface area contributed by atoms with Gasteiger partial charge in [0.25, 0.3) is 0 Å². The molecule has 4 fully saturated rings. The van der Waals surface area contributed by atoms with E-state index < -0.39 is 0 Å². The molecular formula is C30H50O. The number of hydrogen-bond acceptors (Lipinski definition) is 1. The van der Waals surface area contributed by atoms with Crippen LogP contribution in [0.2, 0.25) is 0 Å². The lowest BCUT2D eigenvalue weighted by Gasteiger charge is -2.71.